The summed E-state index contributed by atoms with van der Waals surface area (Å²) in [5, 5.41) is 18.5. The number of aliphatic hydroxyl groups excluding tert-OH is 1. The van der Waals surface area contributed by atoms with E-state index in [0.717, 1.165) is 0 Å². The molecule has 0 aliphatic carbocycles. The lowest BCUT2D eigenvalue weighted by Gasteiger charge is -2.23. The molecule has 21 heavy (non-hydrogen) atoms. The largest absolute Gasteiger partial charge is 0.478 e. The predicted molar refractivity (Wildman–Crippen MR) is 79.8 cm³/mol. The first-order valence-electron chi connectivity index (χ1n) is 6.45. The van der Waals surface area contributed by atoms with E-state index in [-0.39, 0.29) is 17.1 Å². The molecule has 1 unspecified atom stereocenters. The average Bonchev–Trinajstić information content (AvgIpc) is 2.90. The lowest BCUT2D eigenvalue weighted by Crippen LogP contribution is -2.37. The summed E-state index contributed by atoms with van der Waals surface area (Å²) in [6.07, 6.45) is 1.29. The quantitative estimate of drug-likeness (QED) is 0.830. The van der Waals surface area contributed by atoms with Gasteiger partial charge in [0.2, 0.25) is 10.0 Å². The minimum atomic E-state index is -3.82. The molecule has 1 atom stereocenters. The maximum absolute atomic E-state index is 12.6. The Kier molecular flexibility index (Phi) is 4.72. The van der Waals surface area contributed by atoms with Crippen LogP contribution in [0.5, 0.6) is 0 Å². The molecule has 2 rings (SSSR count). The molecule has 0 radical (unpaired) electrons. The van der Waals surface area contributed by atoms with Crippen molar-refractivity contribution >= 4 is 31.9 Å². The van der Waals surface area contributed by atoms with E-state index in [2.05, 4.69) is 15.9 Å². The van der Waals surface area contributed by atoms with E-state index in [0.29, 0.717) is 29.4 Å². The summed E-state index contributed by atoms with van der Waals surface area (Å²) >= 11 is 3.20. The van der Waals surface area contributed by atoms with Gasteiger partial charge in [-0.25, -0.2) is 13.2 Å². The van der Waals surface area contributed by atoms with Gasteiger partial charge in [-0.2, -0.15) is 4.31 Å². The van der Waals surface area contributed by atoms with Gasteiger partial charge in [0.25, 0.3) is 0 Å². The number of benzene rings is 1. The van der Waals surface area contributed by atoms with Gasteiger partial charge < -0.3 is 10.2 Å². The van der Waals surface area contributed by atoms with Gasteiger partial charge in [-0.3, -0.25) is 0 Å². The second-order valence-corrected chi connectivity index (χ2v) is 7.72. The van der Waals surface area contributed by atoms with E-state index in [1.54, 1.807) is 6.92 Å². The van der Waals surface area contributed by atoms with Crippen LogP contribution in [-0.4, -0.2) is 48.1 Å². The van der Waals surface area contributed by atoms with Crippen LogP contribution in [0.25, 0.3) is 0 Å². The van der Waals surface area contributed by atoms with Crippen molar-refractivity contribution in [1.29, 1.82) is 0 Å². The Morgan fingerprint density at radius 2 is 2.14 bits per heavy atom. The SMILES string of the molecule is Cc1c(Br)cc(S(=O)(=O)N2CCCC2CO)cc1C(=O)O. The number of carboxylic acids is 1. The summed E-state index contributed by atoms with van der Waals surface area (Å²) in [5.74, 6) is -1.18. The highest BCUT2D eigenvalue weighted by Gasteiger charge is 2.35. The lowest BCUT2D eigenvalue weighted by atomic mass is 10.1. The maximum atomic E-state index is 12.6. The summed E-state index contributed by atoms with van der Waals surface area (Å²) in [7, 11) is -3.82. The molecule has 1 aliphatic rings. The molecule has 8 heteroatoms. The molecule has 0 aromatic heterocycles. The number of sulfonamides is 1. The fourth-order valence-corrected chi connectivity index (χ4v) is 4.82. The zero-order chi connectivity index (χ0) is 15.8. The van der Waals surface area contributed by atoms with Gasteiger partial charge >= 0.3 is 5.97 Å². The van der Waals surface area contributed by atoms with Crippen LogP contribution in [0.2, 0.25) is 0 Å². The van der Waals surface area contributed by atoms with Crippen LogP contribution in [0.4, 0.5) is 0 Å². The second kappa shape index (κ2) is 6.04. The number of aliphatic hydroxyl groups is 1. The Bertz CT molecular complexity index is 673. The standard InChI is InChI=1S/C13H16BrNO5S/c1-8-11(13(17)18)5-10(6-12(8)14)21(19,20)15-4-2-3-9(15)7-16/h5-6,9,16H,2-4,7H2,1H3,(H,17,18). The van der Waals surface area contributed by atoms with Gasteiger partial charge in [0, 0.05) is 17.1 Å². The van der Waals surface area contributed by atoms with E-state index >= 15 is 0 Å². The summed E-state index contributed by atoms with van der Waals surface area (Å²) in [6.45, 7) is 1.70. The highest BCUT2D eigenvalue weighted by atomic mass is 79.9. The number of carbonyl (C=O) groups is 1. The summed E-state index contributed by atoms with van der Waals surface area (Å²) < 4.78 is 27.0. The molecule has 1 aromatic rings. The van der Waals surface area contributed by atoms with Crippen LogP contribution in [0, 0.1) is 6.92 Å². The van der Waals surface area contributed by atoms with Crippen LogP contribution >= 0.6 is 15.9 Å². The molecule has 0 saturated carbocycles. The van der Waals surface area contributed by atoms with Crippen molar-refractivity contribution in [2.75, 3.05) is 13.2 Å². The Hall–Kier alpha value is -0.960. The molecule has 2 N–H and O–H groups in total. The first-order valence-corrected chi connectivity index (χ1v) is 8.68. The Labute approximate surface area is 131 Å². The highest BCUT2D eigenvalue weighted by molar-refractivity contribution is 9.10. The highest BCUT2D eigenvalue weighted by Crippen LogP contribution is 2.30. The molecule has 1 heterocycles. The van der Waals surface area contributed by atoms with Gasteiger partial charge in [-0.1, -0.05) is 15.9 Å². The molecule has 1 saturated heterocycles. The Morgan fingerprint density at radius 1 is 1.48 bits per heavy atom. The van der Waals surface area contributed by atoms with Gasteiger partial charge in [-0.05, 0) is 37.5 Å². The molecule has 6 nitrogen and oxygen atoms in total. The summed E-state index contributed by atoms with van der Waals surface area (Å²) in [4.78, 5) is 11.2. The predicted octanol–water partition coefficient (Wildman–Crippen LogP) is 1.60. The maximum Gasteiger partial charge on any atom is 0.336 e. The van der Waals surface area contributed by atoms with E-state index in [9.17, 15) is 23.4 Å². The number of nitrogens with zero attached hydrogens (tertiary/aromatic N) is 1. The molecule has 1 aromatic carbocycles. The minimum Gasteiger partial charge on any atom is -0.478 e. The number of carboxylic acid groups (broad SMARTS) is 1. The number of halogens is 1. The third-order valence-corrected chi connectivity index (χ3v) is 6.44. The van der Waals surface area contributed by atoms with Crippen LogP contribution in [0.3, 0.4) is 0 Å². The molecular weight excluding hydrogens is 362 g/mol. The molecule has 0 bridgehead atoms. The number of aromatic carboxylic acids is 1. The first-order chi connectivity index (χ1) is 9.78. The van der Waals surface area contributed by atoms with Crippen LogP contribution in [-0.2, 0) is 10.0 Å². The monoisotopic (exact) mass is 377 g/mol. The van der Waals surface area contributed by atoms with Gasteiger partial charge in [0.15, 0.2) is 0 Å². The van der Waals surface area contributed by atoms with Gasteiger partial charge in [0.05, 0.1) is 17.1 Å². The summed E-state index contributed by atoms with van der Waals surface area (Å²) in [6, 6.07) is 2.14. The zero-order valence-corrected chi connectivity index (χ0v) is 13.8. The van der Waals surface area contributed by atoms with Crippen molar-refractivity contribution < 1.29 is 23.4 Å². The summed E-state index contributed by atoms with van der Waals surface area (Å²) in [5.41, 5.74) is 0.421. The smallest absolute Gasteiger partial charge is 0.336 e. The second-order valence-electron chi connectivity index (χ2n) is 4.98. The van der Waals surface area contributed by atoms with E-state index in [1.165, 1.54) is 16.4 Å². The van der Waals surface area contributed by atoms with E-state index in [4.69, 9.17) is 0 Å². The number of rotatable bonds is 4. The minimum absolute atomic E-state index is 0.0531. The van der Waals surface area contributed by atoms with Crippen molar-refractivity contribution in [3.63, 3.8) is 0 Å². The fraction of sp³-hybridized carbons (Fsp3) is 0.462. The molecule has 0 amide bonds. The Morgan fingerprint density at radius 3 is 2.71 bits per heavy atom. The van der Waals surface area contributed by atoms with E-state index in [1.807, 2.05) is 0 Å². The molecule has 0 spiro atoms. The van der Waals surface area contributed by atoms with Gasteiger partial charge in [-0.15, -0.1) is 0 Å². The molecular formula is C13H16BrNO5S. The lowest BCUT2D eigenvalue weighted by molar-refractivity contribution is 0.0695. The van der Waals surface area contributed by atoms with Crippen molar-refractivity contribution in [3.05, 3.63) is 27.7 Å². The van der Waals surface area contributed by atoms with Crippen molar-refractivity contribution in [3.8, 4) is 0 Å². The Balaban J connectivity index is 2.53. The average molecular weight is 378 g/mol. The third kappa shape index (κ3) is 2.98. The van der Waals surface area contributed by atoms with Crippen molar-refractivity contribution in [2.45, 2.75) is 30.7 Å². The molecule has 1 aliphatic heterocycles. The van der Waals surface area contributed by atoms with Crippen LogP contribution in [0.15, 0.2) is 21.5 Å². The third-order valence-electron chi connectivity index (χ3n) is 3.69. The topological polar surface area (TPSA) is 94.9 Å². The van der Waals surface area contributed by atoms with Crippen molar-refractivity contribution in [2.24, 2.45) is 0 Å². The normalized spacial score (nSPS) is 19.9. The first kappa shape index (κ1) is 16.4. The zero-order valence-electron chi connectivity index (χ0n) is 11.4. The van der Waals surface area contributed by atoms with E-state index < -0.39 is 22.0 Å². The van der Waals surface area contributed by atoms with Crippen LogP contribution in [0.1, 0.15) is 28.8 Å². The molecule has 1 fully saturated rings. The number of hydrogen-bond acceptors (Lipinski definition) is 4. The van der Waals surface area contributed by atoms with Gasteiger partial charge in [0.1, 0.15) is 0 Å². The van der Waals surface area contributed by atoms with Crippen LogP contribution < -0.4 is 0 Å². The fourth-order valence-electron chi connectivity index (χ4n) is 2.47. The van der Waals surface area contributed by atoms with Crippen molar-refractivity contribution in [1.82, 2.24) is 4.31 Å². The number of hydrogen-bond donors (Lipinski definition) is 2. The molecule has 116 valence electrons.